The number of nitrogens with zero attached hydrogens (tertiary/aromatic N) is 4. The molecule has 110 valence electrons. The molecule has 2 rings (SSSR count). The Bertz CT molecular complexity index is 810. The van der Waals surface area contributed by atoms with Crippen molar-refractivity contribution in [1.29, 1.82) is 5.26 Å². The van der Waals surface area contributed by atoms with E-state index in [4.69, 9.17) is 5.26 Å². The van der Waals surface area contributed by atoms with Crippen molar-refractivity contribution in [3.63, 3.8) is 0 Å². The molecule has 1 N–H and O–H groups in total. The second-order valence-corrected chi connectivity index (χ2v) is 5.71. The molecule has 0 saturated heterocycles. The van der Waals surface area contributed by atoms with E-state index in [0.717, 1.165) is 23.1 Å². The van der Waals surface area contributed by atoms with Gasteiger partial charge >= 0.3 is 0 Å². The van der Waals surface area contributed by atoms with Crippen molar-refractivity contribution < 1.29 is 17.2 Å². The van der Waals surface area contributed by atoms with Crippen molar-refractivity contribution >= 4 is 15.7 Å². The number of nitriles is 1. The lowest BCUT2D eigenvalue weighted by molar-refractivity contribution is 0.146. The molecular weight excluding hydrogens is 304 g/mol. The van der Waals surface area contributed by atoms with Crippen molar-refractivity contribution in [2.45, 2.75) is 11.3 Å². The van der Waals surface area contributed by atoms with E-state index in [1.165, 1.54) is 13.2 Å². The number of hydrogen-bond acceptors (Lipinski definition) is 5. The summed E-state index contributed by atoms with van der Waals surface area (Å²) in [5.41, 5.74) is -0.960. The van der Waals surface area contributed by atoms with E-state index in [-0.39, 0.29) is 16.1 Å². The smallest absolute Gasteiger partial charge is 0.276 e. The normalized spacial score (nSPS) is 11.4. The van der Waals surface area contributed by atoms with Gasteiger partial charge in [0.15, 0.2) is 5.69 Å². The SMILES string of the molecule is Cn1cc(NS(=O)(=O)c2cncc(C#N)c2)c(C(F)F)n1. The Morgan fingerprint density at radius 3 is 2.76 bits per heavy atom. The summed E-state index contributed by atoms with van der Waals surface area (Å²) in [5.74, 6) is 0. The van der Waals surface area contributed by atoms with Crippen LogP contribution in [0.4, 0.5) is 14.5 Å². The molecule has 0 bridgehead atoms. The number of hydrogen-bond donors (Lipinski definition) is 1. The van der Waals surface area contributed by atoms with E-state index in [0.29, 0.717) is 0 Å². The predicted molar refractivity (Wildman–Crippen MR) is 67.9 cm³/mol. The summed E-state index contributed by atoms with van der Waals surface area (Å²) in [6.07, 6.45) is 0.406. The molecule has 0 aliphatic heterocycles. The van der Waals surface area contributed by atoms with Crippen LogP contribution in [0.25, 0.3) is 0 Å². The summed E-state index contributed by atoms with van der Waals surface area (Å²) in [4.78, 5) is 3.32. The standard InChI is InChI=1S/C11H9F2N5O2S/c1-18-6-9(10(16-18)11(12)13)17-21(19,20)8-2-7(3-14)4-15-5-8/h2,4-6,11,17H,1H3. The quantitative estimate of drug-likeness (QED) is 0.920. The number of rotatable bonds is 4. The molecule has 0 fully saturated rings. The first kappa shape index (κ1) is 14.9. The first-order chi connectivity index (χ1) is 9.83. The van der Waals surface area contributed by atoms with Gasteiger partial charge in [-0.2, -0.15) is 10.4 Å². The molecule has 0 aromatic carbocycles. The average Bonchev–Trinajstić information content (AvgIpc) is 2.79. The van der Waals surface area contributed by atoms with Gasteiger partial charge < -0.3 is 0 Å². The van der Waals surface area contributed by atoms with Crippen LogP contribution in [-0.2, 0) is 17.1 Å². The van der Waals surface area contributed by atoms with Crippen LogP contribution in [0.1, 0.15) is 17.7 Å². The molecule has 0 atom stereocenters. The van der Waals surface area contributed by atoms with E-state index >= 15 is 0 Å². The molecule has 0 spiro atoms. The van der Waals surface area contributed by atoms with Crippen LogP contribution in [0.15, 0.2) is 29.6 Å². The van der Waals surface area contributed by atoms with Crippen LogP contribution >= 0.6 is 0 Å². The third kappa shape index (κ3) is 3.14. The largest absolute Gasteiger partial charge is 0.284 e. The first-order valence-corrected chi connectivity index (χ1v) is 7.01. The third-order valence-electron chi connectivity index (χ3n) is 2.46. The van der Waals surface area contributed by atoms with E-state index in [2.05, 4.69) is 10.1 Å². The van der Waals surface area contributed by atoms with Crippen molar-refractivity contribution in [2.24, 2.45) is 7.05 Å². The molecule has 2 aromatic heterocycles. The van der Waals surface area contributed by atoms with Gasteiger partial charge in [0, 0.05) is 25.6 Å². The van der Waals surface area contributed by atoms with E-state index in [1.807, 2.05) is 4.72 Å². The number of aryl methyl sites for hydroxylation is 1. The zero-order valence-electron chi connectivity index (χ0n) is 10.7. The maximum atomic E-state index is 12.8. The molecule has 10 heteroatoms. The van der Waals surface area contributed by atoms with Gasteiger partial charge in [-0.1, -0.05) is 0 Å². The summed E-state index contributed by atoms with van der Waals surface area (Å²) in [5, 5.41) is 12.2. The molecule has 0 saturated carbocycles. The van der Waals surface area contributed by atoms with Crippen molar-refractivity contribution in [1.82, 2.24) is 14.8 Å². The summed E-state index contributed by atoms with van der Waals surface area (Å²) in [6, 6.07) is 2.84. The third-order valence-corrected chi connectivity index (χ3v) is 3.79. The molecule has 2 heterocycles. The number of aromatic nitrogens is 3. The molecule has 0 aliphatic rings. The summed E-state index contributed by atoms with van der Waals surface area (Å²) in [7, 11) is -2.75. The van der Waals surface area contributed by atoms with Crippen LogP contribution in [-0.4, -0.2) is 23.2 Å². The van der Waals surface area contributed by atoms with E-state index in [1.54, 1.807) is 6.07 Å². The average molecular weight is 313 g/mol. The zero-order valence-corrected chi connectivity index (χ0v) is 11.5. The minimum atomic E-state index is -4.14. The highest BCUT2D eigenvalue weighted by molar-refractivity contribution is 7.92. The monoisotopic (exact) mass is 313 g/mol. The molecule has 0 unspecified atom stereocenters. The van der Waals surface area contributed by atoms with Crippen LogP contribution in [0.2, 0.25) is 0 Å². The topological polar surface area (TPSA) is 101 Å². The van der Waals surface area contributed by atoms with Crippen LogP contribution in [0.3, 0.4) is 0 Å². The molecule has 21 heavy (non-hydrogen) atoms. The molecule has 0 radical (unpaired) electrons. The Morgan fingerprint density at radius 2 is 2.14 bits per heavy atom. The van der Waals surface area contributed by atoms with Gasteiger partial charge in [-0.05, 0) is 6.07 Å². The fourth-order valence-electron chi connectivity index (χ4n) is 1.58. The summed E-state index contributed by atoms with van der Waals surface area (Å²) >= 11 is 0. The lowest BCUT2D eigenvalue weighted by Gasteiger charge is -2.07. The molecule has 0 amide bonds. The highest BCUT2D eigenvalue weighted by Crippen LogP contribution is 2.27. The first-order valence-electron chi connectivity index (χ1n) is 5.53. The number of pyridine rings is 1. The number of anilines is 1. The second-order valence-electron chi connectivity index (χ2n) is 4.03. The highest BCUT2D eigenvalue weighted by atomic mass is 32.2. The Morgan fingerprint density at radius 1 is 1.43 bits per heavy atom. The fraction of sp³-hybridized carbons (Fsp3) is 0.182. The minimum absolute atomic E-state index is 0.0399. The van der Waals surface area contributed by atoms with Crippen LogP contribution in [0.5, 0.6) is 0 Å². The predicted octanol–water partition coefficient (Wildman–Crippen LogP) is 1.43. The maximum Gasteiger partial charge on any atom is 0.284 e. The summed E-state index contributed by atoms with van der Waals surface area (Å²) in [6.45, 7) is 0. The number of halogens is 2. The Hall–Kier alpha value is -2.54. The van der Waals surface area contributed by atoms with Crippen LogP contribution < -0.4 is 4.72 Å². The molecule has 0 aliphatic carbocycles. The molecular formula is C11H9F2N5O2S. The van der Waals surface area contributed by atoms with Gasteiger partial charge in [0.2, 0.25) is 0 Å². The minimum Gasteiger partial charge on any atom is -0.276 e. The van der Waals surface area contributed by atoms with Crippen molar-refractivity contribution in [3.05, 3.63) is 35.9 Å². The Balaban J connectivity index is 2.40. The fourth-order valence-corrected chi connectivity index (χ4v) is 2.62. The van der Waals surface area contributed by atoms with Gasteiger partial charge in [-0.15, -0.1) is 0 Å². The van der Waals surface area contributed by atoms with Crippen molar-refractivity contribution in [2.75, 3.05) is 4.72 Å². The zero-order chi connectivity index (χ0) is 15.6. The van der Waals surface area contributed by atoms with E-state index < -0.39 is 22.1 Å². The number of sulfonamides is 1. The lowest BCUT2D eigenvalue weighted by atomic mass is 10.3. The van der Waals surface area contributed by atoms with Gasteiger partial charge in [-0.3, -0.25) is 14.4 Å². The molecule has 2 aromatic rings. The Kier molecular flexibility index (Phi) is 3.86. The molecule has 7 nitrogen and oxygen atoms in total. The highest BCUT2D eigenvalue weighted by Gasteiger charge is 2.23. The summed E-state index contributed by atoms with van der Waals surface area (Å²) < 4.78 is 52.9. The van der Waals surface area contributed by atoms with Crippen LogP contribution in [0, 0.1) is 11.3 Å². The lowest BCUT2D eigenvalue weighted by Crippen LogP contribution is -2.14. The number of alkyl halides is 2. The van der Waals surface area contributed by atoms with Gasteiger partial charge in [0.25, 0.3) is 16.4 Å². The van der Waals surface area contributed by atoms with Gasteiger partial charge in [0.05, 0.1) is 11.3 Å². The second kappa shape index (κ2) is 5.45. The van der Waals surface area contributed by atoms with E-state index in [9.17, 15) is 17.2 Å². The number of nitrogens with one attached hydrogen (secondary N) is 1. The van der Waals surface area contributed by atoms with Gasteiger partial charge in [-0.25, -0.2) is 17.2 Å². The maximum absolute atomic E-state index is 12.8. The van der Waals surface area contributed by atoms with Crippen molar-refractivity contribution in [3.8, 4) is 6.07 Å². The Labute approximate surface area is 118 Å². The van der Waals surface area contributed by atoms with Gasteiger partial charge in [0.1, 0.15) is 11.0 Å².